The molecule has 0 aromatic heterocycles. The zero-order chi connectivity index (χ0) is 18.9. The van der Waals surface area contributed by atoms with Gasteiger partial charge in [0.05, 0.1) is 18.8 Å². The number of aliphatic hydroxyl groups is 1. The quantitative estimate of drug-likeness (QED) is 0.738. The standard InChI is InChI=1S/C18H19NO6S/c1-25-16-8-5-12(18(21)22)10-17(16)26(23,24)19-13-6-7-14-11(9-13)3-2-4-15(14)20/h5-10,15,19-20H,2-4H2,1H3,(H,21,22). The van der Waals surface area contributed by atoms with E-state index in [0.29, 0.717) is 12.1 Å². The van der Waals surface area contributed by atoms with Crippen LogP contribution in [0.15, 0.2) is 41.3 Å². The number of aliphatic hydroxyl groups excluding tert-OH is 1. The van der Waals surface area contributed by atoms with Crippen molar-refractivity contribution in [1.29, 1.82) is 0 Å². The summed E-state index contributed by atoms with van der Waals surface area (Å²) in [7, 11) is -2.74. The van der Waals surface area contributed by atoms with Crippen LogP contribution in [0.5, 0.6) is 5.75 Å². The first-order valence-corrected chi connectivity index (χ1v) is 9.55. The van der Waals surface area contributed by atoms with E-state index in [1.165, 1.54) is 19.2 Å². The number of benzene rings is 2. The number of anilines is 1. The third-order valence-electron chi connectivity index (χ3n) is 4.38. The van der Waals surface area contributed by atoms with Crippen LogP contribution in [0.1, 0.15) is 40.4 Å². The lowest BCUT2D eigenvalue weighted by molar-refractivity contribution is 0.0696. The van der Waals surface area contributed by atoms with Crippen LogP contribution in [-0.2, 0) is 16.4 Å². The molecule has 1 aliphatic carbocycles. The molecule has 0 heterocycles. The summed E-state index contributed by atoms with van der Waals surface area (Å²) in [5.41, 5.74) is 1.90. The van der Waals surface area contributed by atoms with E-state index in [1.807, 2.05) is 0 Å². The van der Waals surface area contributed by atoms with Crippen LogP contribution < -0.4 is 9.46 Å². The zero-order valence-electron chi connectivity index (χ0n) is 14.1. The number of hydrogen-bond donors (Lipinski definition) is 3. The molecule has 0 radical (unpaired) electrons. The maximum atomic E-state index is 12.8. The second kappa shape index (κ2) is 6.97. The minimum atomic E-state index is -4.05. The molecule has 2 aromatic carbocycles. The van der Waals surface area contributed by atoms with Gasteiger partial charge in [0.1, 0.15) is 10.6 Å². The van der Waals surface area contributed by atoms with Gasteiger partial charge < -0.3 is 14.9 Å². The molecule has 0 amide bonds. The largest absolute Gasteiger partial charge is 0.495 e. The topological polar surface area (TPSA) is 113 Å². The van der Waals surface area contributed by atoms with Gasteiger partial charge in [0.15, 0.2) is 0 Å². The Bertz CT molecular complexity index is 954. The van der Waals surface area contributed by atoms with E-state index in [2.05, 4.69) is 4.72 Å². The monoisotopic (exact) mass is 377 g/mol. The van der Waals surface area contributed by atoms with Crippen LogP contribution in [0.2, 0.25) is 0 Å². The zero-order valence-corrected chi connectivity index (χ0v) is 14.9. The number of carboxylic acids is 1. The van der Waals surface area contributed by atoms with Crippen molar-refractivity contribution < 1.29 is 28.2 Å². The summed E-state index contributed by atoms with van der Waals surface area (Å²) >= 11 is 0. The van der Waals surface area contributed by atoms with E-state index in [4.69, 9.17) is 9.84 Å². The molecule has 1 unspecified atom stereocenters. The van der Waals surface area contributed by atoms with Gasteiger partial charge in [-0.25, -0.2) is 13.2 Å². The highest BCUT2D eigenvalue weighted by Gasteiger charge is 2.23. The van der Waals surface area contributed by atoms with Gasteiger partial charge in [-0.05, 0) is 60.7 Å². The number of hydrogen-bond acceptors (Lipinski definition) is 5. The molecule has 0 saturated carbocycles. The Kier molecular flexibility index (Phi) is 4.88. The molecule has 0 bridgehead atoms. The fraction of sp³-hybridized carbons (Fsp3) is 0.278. The summed E-state index contributed by atoms with van der Waals surface area (Å²) in [5.74, 6) is -1.18. The first-order valence-electron chi connectivity index (χ1n) is 8.07. The summed E-state index contributed by atoms with van der Waals surface area (Å²) in [6.45, 7) is 0. The molecular formula is C18H19NO6S. The number of sulfonamides is 1. The molecule has 1 aliphatic rings. The van der Waals surface area contributed by atoms with E-state index in [-0.39, 0.29) is 16.2 Å². The number of carboxylic acid groups (broad SMARTS) is 1. The third kappa shape index (κ3) is 3.51. The van der Waals surface area contributed by atoms with Gasteiger partial charge in [-0.1, -0.05) is 6.07 Å². The Hall–Kier alpha value is -2.58. The normalized spacial score (nSPS) is 16.6. The predicted octanol–water partition coefficient (Wildman–Crippen LogP) is 2.56. The van der Waals surface area contributed by atoms with E-state index in [0.717, 1.165) is 30.0 Å². The van der Waals surface area contributed by atoms with Crippen molar-refractivity contribution >= 4 is 21.7 Å². The summed E-state index contributed by atoms with van der Waals surface area (Å²) < 4.78 is 33.0. The van der Waals surface area contributed by atoms with Gasteiger partial charge in [-0.2, -0.15) is 0 Å². The molecule has 1 atom stereocenters. The summed E-state index contributed by atoms with van der Waals surface area (Å²) in [4.78, 5) is 10.9. The summed E-state index contributed by atoms with van der Waals surface area (Å²) in [6.07, 6.45) is 1.76. The predicted molar refractivity (Wildman–Crippen MR) is 95.1 cm³/mol. The number of aryl methyl sites for hydroxylation is 1. The van der Waals surface area contributed by atoms with Crippen molar-refractivity contribution in [2.45, 2.75) is 30.3 Å². The smallest absolute Gasteiger partial charge is 0.335 e. The van der Waals surface area contributed by atoms with Gasteiger partial charge in [0.2, 0.25) is 0 Å². The average Bonchev–Trinajstić information content (AvgIpc) is 2.61. The van der Waals surface area contributed by atoms with Crippen LogP contribution in [-0.4, -0.2) is 31.7 Å². The van der Waals surface area contributed by atoms with Crippen LogP contribution in [0.25, 0.3) is 0 Å². The van der Waals surface area contributed by atoms with Gasteiger partial charge in [0, 0.05) is 5.69 Å². The molecule has 3 N–H and O–H groups in total. The third-order valence-corrected chi connectivity index (χ3v) is 5.78. The maximum absolute atomic E-state index is 12.8. The summed E-state index contributed by atoms with van der Waals surface area (Å²) in [6, 6.07) is 8.64. The molecular weight excluding hydrogens is 358 g/mol. The van der Waals surface area contributed by atoms with Crippen molar-refractivity contribution in [2.75, 3.05) is 11.8 Å². The highest BCUT2D eigenvalue weighted by molar-refractivity contribution is 7.92. The number of rotatable bonds is 5. The second-order valence-corrected chi connectivity index (χ2v) is 7.75. The Balaban J connectivity index is 1.97. The summed E-state index contributed by atoms with van der Waals surface area (Å²) in [5, 5.41) is 19.1. The van der Waals surface area contributed by atoms with Crippen LogP contribution >= 0.6 is 0 Å². The van der Waals surface area contributed by atoms with Crippen molar-refractivity contribution in [2.24, 2.45) is 0 Å². The number of carbonyl (C=O) groups is 1. The van der Waals surface area contributed by atoms with Crippen molar-refractivity contribution in [1.82, 2.24) is 0 Å². The molecule has 3 rings (SSSR count). The first kappa shape index (κ1) is 18.2. The fourth-order valence-electron chi connectivity index (χ4n) is 3.08. The molecule has 0 aliphatic heterocycles. The van der Waals surface area contributed by atoms with E-state index >= 15 is 0 Å². The molecule has 8 heteroatoms. The van der Waals surface area contributed by atoms with Crippen molar-refractivity contribution in [3.05, 3.63) is 53.1 Å². The van der Waals surface area contributed by atoms with E-state index in [1.54, 1.807) is 18.2 Å². The maximum Gasteiger partial charge on any atom is 0.335 e. The minimum absolute atomic E-state index is 0.0517. The van der Waals surface area contributed by atoms with Gasteiger partial charge in [-0.15, -0.1) is 0 Å². The molecule has 0 saturated heterocycles. The second-order valence-electron chi connectivity index (χ2n) is 6.10. The van der Waals surface area contributed by atoms with E-state index in [9.17, 15) is 18.3 Å². The fourth-order valence-corrected chi connectivity index (χ4v) is 4.33. The Morgan fingerprint density at radius 3 is 2.69 bits per heavy atom. The van der Waals surface area contributed by atoms with Crippen molar-refractivity contribution in [3.63, 3.8) is 0 Å². The number of ether oxygens (including phenoxy) is 1. The number of nitrogens with one attached hydrogen (secondary N) is 1. The number of methoxy groups -OCH3 is 1. The minimum Gasteiger partial charge on any atom is -0.495 e. The van der Waals surface area contributed by atoms with Crippen LogP contribution in [0.4, 0.5) is 5.69 Å². The van der Waals surface area contributed by atoms with Crippen LogP contribution in [0.3, 0.4) is 0 Å². The van der Waals surface area contributed by atoms with Gasteiger partial charge >= 0.3 is 5.97 Å². The lowest BCUT2D eigenvalue weighted by atomic mass is 9.89. The molecule has 138 valence electrons. The number of fused-ring (bicyclic) bond motifs is 1. The average molecular weight is 377 g/mol. The molecule has 26 heavy (non-hydrogen) atoms. The van der Waals surface area contributed by atoms with Gasteiger partial charge in [-0.3, -0.25) is 4.72 Å². The van der Waals surface area contributed by atoms with Gasteiger partial charge in [0.25, 0.3) is 10.0 Å². The van der Waals surface area contributed by atoms with Crippen molar-refractivity contribution in [3.8, 4) is 5.75 Å². The molecule has 0 spiro atoms. The molecule has 7 nitrogen and oxygen atoms in total. The number of aromatic carboxylic acids is 1. The lowest BCUT2D eigenvalue weighted by Crippen LogP contribution is -2.16. The Morgan fingerprint density at radius 1 is 1.23 bits per heavy atom. The molecule has 2 aromatic rings. The Labute approximate surface area is 151 Å². The molecule has 0 fully saturated rings. The Morgan fingerprint density at radius 2 is 2.00 bits per heavy atom. The first-order chi connectivity index (χ1) is 12.3. The highest BCUT2D eigenvalue weighted by Crippen LogP contribution is 2.33. The van der Waals surface area contributed by atoms with E-state index < -0.39 is 22.1 Å². The van der Waals surface area contributed by atoms with Crippen LogP contribution in [0, 0.1) is 0 Å². The SMILES string of the molecule is COc1ccc(C(=O)O)cc1S(=O)(=O)Nc1ccc2c(c1)CCCC2O. The lowest BCUT2D eigenvalue weighted by Gasteiger charge is -2.22. The highest BCUT2D eigenvalue weighted by atomic mass is 32.2.